The molecule has 6 nitrogen and oxygen atoms in total. The molecule has 0 bridgehead atoms. The van der Waals surface area contributed by atoms with Crippen molar-refractivity contribution in [2.24, 2.45) is 0 Å². The van der Waals surface area contributed by atoms with Gasteiger partial charge in [0.25, 0.3) is 5.91 Å². The highest BCUT2D eigenvalue weighted by atomic mass is 32.1. The summed E-state index contributed by atoms with van der Waals surface area (Å²) in [5, 5.41) is 8.68. The molecule has 0 unspecified atom stereocenters. The minimum Gasteiger partial charge on any atom is -0.486 e. The Bertz CT molecular complexity index is 786. The van der Waals surface area contributed by atoms with Gasteiger partial charge in [0.15, 0.2) is 11.5 Å². The first-order valence-electron chi connectivity index (χ1n) is 8.02. The Morgan fingerprint density at radius 1 is 1.16 bits per heavy atom. The quantitative estimate of drug-likeness (QED) is 0.855. The van der Waals surface area contributed by atoms with E-state index in [-0.39, 0.29) is 12.3 Å². The number of carbonyl (C=O) groups is 2. The van der Waals surface area contributed by atoms with Crippen molar-refractivity contribution < 1.29 is 24.2 Å². The van der Waals surface area contributed by atoms with Crippen LogP contribution in [0.4, 0.5) is 0 Å². The number of thiophene rings is 1. The molecule has 1 aliphatic heterocycles. The largest absolute Gasteiger partial charge is 0.486 e. The zero-order chi connectivity index (χ0) is 17.8. The maximum Gasteiger partial charge on any atom is 0.303 e. The zero-order valence-electron chi connectivity index (χ0n) is 13.9. The third kappa shape index (κ3) is 4.11. The van der Waals surface area contributed by atoms with E-state index in [4.69, 9.17) is 14.6 Å². The van der Waals surface area contributed by atoms with Crippen molar-refractivity contribution in [1.82, 2.24) is 4.90 Å². The second-order valence-corrected chi connectivity index (χ2v) is 6.83. The minimum absolute atomic E-state index is 0.0600. The highest BCUT2D eigenvalue weighted by molar-refractivity contribution is 7.17. The molecule has 0 radical (unpaired) electrons. The van der Waals surface area contributed by atoms with Crippen LogP contribution in [-0.2, 0) is 4.79 Å². The third-order valence-corrected chi connectivity index (χ3v) is 5.00. The number of carboxylic acids is 1. The Kier molecular flexibility index (Phi) is 5.23. The summed E-state index contributed by atoms with van der Waals surface area (Å²) in [6.45, 7) is 1.51. The Labute approximate surface area is 149 Å². The van der Waals surface area contributed by atoms with Gasteiger partial charge in [-0.3, -0.25) is 9.59 Å². The maximum absolute atomic E-state index is 12.4. The van der Waals surface area contributed by atoms with E-state index in [1.807, 2.05) is 24.3 Å². The van der Waals surface area contributed by atoms with Crippen molar-refractivity contribution in [2.45, 2.75) is 12.8 Å². The summed E-state index contributed by atoms with van der Waals surface area (Å²) < 4.78 is 11.1. The highest BCUT2D eigenvalue weighted by Gasteiger charge is 2.17. The smallest absolute Gasteiger partial charge is 0.303 e. The number of hydrogen-bond donors (Lipinski definition) is 1. The number of ether oxygens (including phenoxy) is 2. The molecule has 0 aliphatic carbocycles. The van der Waals surface area contributed by atoms with Gasteiger partial charge in [-0.2, -0.15) is 0 Å². The van der Waals surface area contributed by atoms with Gasteiger partial charge in [-0.05, 0) is 42.3 Å². The van der Waals surface area contributed by atoms with E-state index < -0.39 is 5.97 Å². The van der Waals surface area contributed by atoms with Gasteiger partial charge in [-0.15, -0.1) is 11.3 Å². The molecule has 1 aromatic carbocycles. The first-order chi connectivity index (χ1) is 12.0. The molecule has 7 heteroatoms. The van der Waals surface area contributed by atoms with Crippen LogP contribution in [0.2, 0.25) is 0 Å². The summed E-state index contributed by atoms with van der Waals surface area (Å²) in [4.78, 5) is 26.2. The number of amides is 1. The van der Waals surface area contributed by atoms with Crippen LogP contribution in [0.1, 0.15) is 22.5 Å². The van der Waals surface area contributed by atoms with Crippen molar-refractivity contribution in [3.05, 3.63) is 35.2 Å². The van der Waals surface area contributed by atoms with Gasteiger partial charge in [0, 0.05) is 24.9 Å². The molecule has 1 N–H and O–H groups in total. The minimum atomic E-state index is -0.849. The van der Waals surface area contributed by atoms with Crippen LogP contribution in [0.15, 0.2) is 30.3 Å². The molecule has 1 aromatic heterocycles. The van der Waals surface area contributed by atoms with Crippen LogP contribution in [0.5, 0.6) is 11.5 Å². The van der Waals surface area contributed by atoms with Crippen LogP contribution in [-0.4, -0.2) is 48.7 Å². The molecule has 0 saturated carbocycles. The molecule has 25 heavy (non-hydrogen) atoms. The third-order valence-electron chi connectivity index (χ3n) is 3.87. The van der Waals surface area contributed by atoms with Crippen molar-refractivity contribution in [3.8, 4) is 21.9 Å². The van der Waals surface area contributed by atoms with E-state index in [1.54, 1.807) is 18.0 Å². The number of carbonyl (C=O) groups excluding carboxylic acids is 1. The highest BCUT2D eigenvalue weighted by Crippen LogP contribution is 2.37. The molecule has 3 rings (SSSR count). The van der Waals surface area contributed by atoms with E-state index in [0.717, 1.165) is 21.9 Å². The normalized spacial score (nSPS) is 12.7. The fraction of sp³-hybridized carbons (Fsp3) is 0.333. The summed E-state index contributed by atoms with van der Waals surface area (Å²) in [6, 6.07) is 9.46. The lowest BCUT2D eigenvalue weighted by Gasteiger charge is -2.18. The summed E-state index contributed by atoms with van der Waals surface area (Å²) in [5.74, 6) is 0.508. The van der Waals surface area contributed by atoms with E-state index in [9.17, 15) is 9.59 Å². The number of fused-ring (bicyclic) bond motifs is 1. The molecule has 0 atom stereocenters. The molecule has 0 saturated heterocycles. The second-order valence-electron chi connectivity index (χ2n) is 5.75. The van der Waals surface area contributed by atoms with Gasteiger partial charge in [0.05, 0.1) is 4.88 Å². The van der Waals surface area contributed by atoms with Crippen LogP contribution >= 0.6 is 11.3 Å². The fourth-order valence-corrected chi connectivity index (χ4v) is 3.56. The Hall–Kier alpha value is -2.54. The molecule has 132 valence electrons. The molecule has 2 heterocycles. The topological polar surface area (TPSA) is 76.1 Å². The number of carboxylic acid groups (broad SMARTS) is 1. The molecule has 0 spiro atoms. The summed E-state index contributed by atoms with van der Waals surface area (Å²) in [5.41, 5.74) is 0.974. The van der Waals surface area contributed by atoms with Crippen molar-refractivity contribution in [2.75, 3.05) is 26.8 Å². The first-order valence-corrected chi connectivity index (χ1v) is 8.83. The van der Waals surface area contributed by atoms with Gasteiger partial charge in [0.2, 0.25) is 0 Å². The second kappa shape index (κ2) is 7.57. The number of rotatable bonds is 6. The molecular weight excluding hydrogens is 342 g/mol. The summed E-state index contributed by atoms with van der Waals surface area (Å²) in [6.07, 6.45) is 0.502. The van der Waals surface area contributed by atoms with E-state index in [2.05, 4.69) is 0 Å². The lowest BCUT2D eigenvalue weighted by atomic mass is 10.1. The van der Waals surface area contributed by atoms with E-state index >= 15 is 0 Å². The monoisotopic (exact) mass is 361 g/mol. The lowest BCUT2D eigenvalue weighted by Crippen LogP contribution is -2.27. The number of nitrogens with zero attached hydrogens (tertiary/aromatic N) is 1. The van der Waals surface area contributed by atoms with Crippen LogP contribution in [0.3, 0.4) is 0 Å². The van der Waals surface area contributed by atoms with E-state index in [1.165, 1.54) is 11.3 Å². The van der Waals surface area contributed by atoms with Gasteiger partial charge < -0.3 is 19.5 Å². The van der Waals surface area contributed by atoms with Crippen molar-refractivity contribution in [3.63, 3.8) is 0 Å². The standard InChI is InChI=1S/C18H19NO5S/c1-19(8-2-3-17(20)21)18(22)16-7-6-15(25-16)12-4-5-13-14(11-12)24-10-9-23-13/h4-7,11H,2-3,8-10H2,1H3,(H,20,21). The van der Waals surface area contributed by atoms with Crippen LogP contribution in [0.25, 0.3) is 10.4 Å². The summed E-state index contributed by atoms with van der Waals surface area (Å²) in [7, 11) is 1.69. The van der Waals surface area contributed by atoms with Crippen molar-refractivity contribution in [1.29, 1.82) is 0 Å². The number of aliphatic carboxylic acids is 1. The van der Waals surface area contributed by atoms with E-state index in [0.29, 0.717) is 31.1 Å². The fourth-order valence-electron chi connectivity index (χ4n) is 2.56. The molecule has 2 aromatic rings. The van der Waals surface area contributed by atoms with Crippen molar-refractivity contribution >= 4 is 23.2 Å². The zero-order valence-corrected chi connectivity index (χ0v) is 14.7. The SMILES string of the molecule is CN(CCCC(=O)O)C(=O)c1ccc(-c2ccc3c(c2)OCCO3)s1. The Morgan fingerprint density at radius 3 is 2.68 bits per heavy atom. The molecular formula is C18H19NO5S. The van der Waals surface area contributed by atoms with Crippen LogP contribution in [0, 0.1) is 0 Å². The predicted octanol–water partition coefficient (Wildman–Crippen LogP) is 3.12. The van der Waals surface area contributed by atoms with Gasteiger partial charge >= 0.3 is 5.97 Å². The molecule has 1 amide bonds. The Balaban J connectivity index is 1.69. The van der Waals surface area contributed by atoms with Crippen LogP contribution < -0.4 is 9.47 Å². The van der Waals surface area contributed by atoms with Gasteiger partial charge in [0.1, 0.15) is 13.2 Å². The van der Waals surface area contributed by atoms with Gasteiger partial charge in [-0.25, -0.2) is 0 Å². The average Bonchev–Trinajstić information content (AvgIpc) is 3.10. The number of benzene rings is 1. The maximum atomic E-state index is 12.4. The van der Waals surface area contributed by atoms with Gasteiger partial charge in [-0.1, -0.05) is 0 Å². The lowest BCUT2D eigenvalue weighted by molar-refractivity contribution is -0.137. The summed E-state index contributed by atoms with van der Waals surface area (Å²) >= 11 is 1.41. The Morgan fingerprint density at radius 2 is 1.92 bits per heavy atom. The average molecular weight is 361 g/mol. The predicted molar refractivity (Wildman–Crippen MR) is 94.6 cm³/mol. The number of hydrogen-bond acceptors (Lipinski definition) is 5. The first kappa shape index (κ1) is 17.3. The molecule has 1 aliphatic rings. The molecule has 0 fully saturated rings.